The van der Waals surface area contributed by atoms with Crippen molar-refractivity contribution in [3.8, 4) is 0 Å². The molecule has 1 spiro atoms. The van der Waals surface area contributed by atoms with Gasteiger partial charge in [0.05, 0.1) is 12.7 Å². The molecule has 0 radical (unpaired) electrons. The Labute approximate surface area is 111 Å². The Kier molecular flexibility index (Phi) is 3.65. The van der Waals surface area contributed by atoms with E-state index in [9.17, 15) is 0 Å². The van der Waals surface area contributed by atoms with Crippen molar-refractivity contribution in [3.05, 3.63) is 0 Å². The summed E-state index contributed by atoms with van der Waals surface area (Å²) in [6.07, 6.45) is 7.06. The van der Waals surface area contributed by atoms with Crippen molar-refractivity contribution in [2.24, 2.45) is 11.3 Å². The SMILES string of the molecule is CCOC1CC(NC2CCOCC2C)C12CCC2. The van der Waals surface area contributed by atoms with Crippen molar-refractivity contribution in [3.63, 3.8) is 0 Å². The minimum atomic E-state index is 0.494. The summed E-state index contributed by atoms with van der Waals surface area (Å²) in [5.41, 5.74) is 0.494. The molecule has 3 heteroatoms. The van der Waals surface area contributed by atoms with Gasteiger partial charge in [-0.3, -0.25) is 0 Å². The van der Waals surface area contributed by atoms with Gasteiger partial charge in [-0.1, -0.05) is 13.3 Å². The maximum absolute atomic E-state index is 5.92. The fraction of sp³-hybridized carbons (Fsp3) is 1.00. The van der Waals surface area contributed by atoms with Crippen molar-refractivity contribution in [2.45, 2.75) is 64.1 Å². The Hall–Kier alpha value is -0.120. The topological polar surface area (TPSA) is 30.5 Å². The number of rotatable bonds is 4. The molecule has 2 aliphatic carbocycles. The van der Waals surface area contributed by atoms with Gasteiger partial charge in [-0.25, -0.2) is 0 Å². The third-order valence-electron chi connectivity index (χ3n) is 5.49. The summed E-state index contributed by atoms with van der Waals surface area (Å²) in [6.45, 7) is 7.15. The van der Waals surface area contributed by atoms with Crippen LogP contribution in [0.25, 0.3) is 0 Å². The number of hydrogen-bond donors (Lipinski definition) is 1. The largest absolute Gasteiger partial charge is 0.381 e. The van der Waals surface area contributed by atoms with E-state index in [1.54, 1.807) is 0 Å². The molecule has 1 N–H and O–H groups in total. The number of ether oxygens (including phenoxy) is 2. The normalized spacial score (nSPS) is 42.3. The second-order valence-electron chi connectivity index (χ2n) is 6.43. The third kappa shape index (κ3) is 2.00. The summed E-state index contributed by atoms with van der Waals surface area (Å²) < 4.78 is 11.4. The Balaban J connectivity index is 1.57. The molecule has 104 valence electrons. The third-order valence-corrected chi connectivity index (χ3v) is 5.49. The summed E-state index contributed by atoms with van der Waals surface area (Å²) >= 11 is 0. The molecule has 4 unspecified atom stereocenters. The van der Waals surface area contributed by atoms with Crippen LogP contribution < -0.4 is 5.32 Å². The first kappa shape index (κ1) is 12.9. The van der Waals surface area contributed by atoms with Crippen LogP contribution in [-0.4, -0.2) is 38.0 Å². The van der Waals surface area contributed by atoms with Gasteiger partial charge in [-0.15, -0.1) is 0 Å². The van der Waals surface area contributed by atoms with E-state index in [2.05, 4.69) is 19.2 Å². The Bertz CT molecular complexity index is 290. The molecule has 3 fully saturated rings. The van der Waals surface area contributed by atoms with Crippen molar-refractivity contribution in [1.29, 1.82) is 0 Å². The standard InChI is InChI=1S/C15H27NO2/c1-3-18-14-9-13(15(14)6-4-7-15)16-12-5-8-17-10-11(12)2/h11-14,16H,3-10H2,1-2H3. The predicted molar refractivity (Wildman–Crippen MR) is 71.6 cm³/mol. The highest BCUT2D eigenvalue weighted by Gasteiger charge is 2.59. The summed E-state index contributed by atoms with van der Waals surface area (Å²) in [6, 6.07) is 1.36. The molecule has 1 aliphatic heterocycles. The first-order valence-corrected chi connectivity index (χ1v) is 7.71. The van der Waals surface area contributed by atoms with E-state index in [1.165, 1.54) is 32.1 Å². The molecular weight excluding hydrogens is 226 g/mol. The first-order valence-electron chi connectivity index (χ1n) is 7.71. The molecule has 1 heterocycles. The summed E-state index contributed by atoms with van der Waals surface area (Å²) in [5, 5.41) is 3.93. The lowest BCUT2D eigenvalue weighted by molar-refractivity contribution is -0.177. The van der Waals surface area contributed by atoms with Gasteiger partial charge in [0.25, 0.3) is 0 Å². The average Bonchev–Trinajstić information content (AvgIpc) is 2.28. The van der Waals surface area contributed by atoms with Crippen LogP contribution in [-0.2, 0) is 9.47 Å². The quantitative estimate of drug-likeness (QED) is 0.834. The Morgan fingerprint density at radius 1 is 1.39 bits per heavy atom. The molecule has 4 atom stereocenters. The number of nitrogens with one attached hydrogen (secondary N) is 1. The van der Waals surface area contributed by atoms with E-state index in [4.69, 9.17) is 9.47 Å². The Morgan fingerprint density at radius 2 is 2.22 bits per heavy atom. The molecule has 0 aromatic heterocycles. The van der Waals surface area contributed by atoms with E-state index in [1.807, 2.05) is 0 Å². The van der Waals surface area contributed by atoms with Crippen LogP contribution in [0.1, 0.15) is 46.0 Å². The fourth-order valence-corrected chi connectivity index (χ4v) is 4.06. The van der Waals surface area contributed by atoms with Crippen LogP contribution >= 0.6 is 0 Å². The smallest absolute Gasteiger partial charge is 0.0661 e. The van der Waals surface area contributed by atoms with Gasteiger partial charge >= 0.3 is 0 Å². The maximum atomic E-state index is 5.92. The lowest BCUT2D eigenvalue weighted by Crippen LogP contribution is -2.69. The zero-order chi connectivity index (χ0) is 12.6. The zero-order valence-electron chi connectivity index (χ0n) is 11.8. The molecule has 2 saturated carbocycles. The number of hydrogen-bond acceptors (Lipinski definition) is 3. The minimum absolute atomic E-state index is 0.494. The highest BCUT2D eigenvalue weighted by molar-refractivity contribution is 5.12. The van der Waals surface area contributed by atoms with Crippen LogP contribution in [0.5, 0.6) is 0 Å². The molecule has 0 aromatic carbocycles. The second kappa shape index (κ2) is 5.10. The van der Waals surface area contributed by atoms with Gasteiger partial charge in [0.2, 0.25) is 0 Å². The molecule has 0 amide bonds. The van der Waals surface area contributed by atoms with E-state index in [-0.39, 0.29) is 0 Å². The molecule has 18 heavy (non-hydrogen) atoms. The maximum Gasteiger partial charge on any atom is 0.0661 e. The minimum Gasteiger partial charge on any atom is -0.381 e. The van der Waals surface area contributed by atoms with E-state index in [0.29, 0.717) is 29.5 Å². The highest BCUT2D eigenvalue weighted by atomic mass is 16.5. The monoisotopic (exact) mass is 253 g/mol. The van der Waals surface area contributed by atoms with Gasteiger partial charge in [0.15, 0.2) is 0 Å². The van der Waals surface area contributed by atoms with Crippen LogP contribution in [0, 0.1) is 11.3 Å². The van der Waals surface area contributed by atoms with Crippen LogP contribution in [0.3, 0.4) is 0 Å². The van der Waals surface area contributed by atoms with Gasteiger partial charge in [0, 0.05) is 30.7 Å². The molecule has 0 aromatic rings. The summed E-state index contributed by atoms with van der Waals surface area (Å²) in [4.78, 5) is 0. The van der Waals surface area contributed by atoms with Gasteiger partial charge < -0.3 is 14.8 Å². The molecule has 3 nitrogen and oxygen atoms in total. The van der Waals surface area contributed by atoms with E-state index in [0.717, 1.165) is 19.8 Å². The van der Waals surface area contributed by atoms with Gasteiger partial charge in [0.1, 0.15) is 0 Å². The summed E-state index contributed by atoms with van der Waals surface area (Å²) in [5.74, 6) is 0.655. The molecule has 3 rings (SSSR count). The van der Waals surface area contributed by atoms with E-state index < -0.39 is 0 Å². The fourth-order valence-electron chi connectivity index (χ4n) is 4.06. The van der Waals surface area contributed by atoms with Crippen LogP contribution in [0.4, 0.5) is 0 Å². The molecule has 1 saturated heterocycles. The zero-order valence-corrected chi connectivity index (χ0v) is 11.8. The van der Waals surface area contributed by atoms with Crippen molar-refractivity contribution >= 4 is 0 Å². The first-order chi connectivity index (χ1) is 8.76. The van der Waals surface area contributed by atoms with Crippen LogP contribution in [0.15, 0.2) is 0 Å². The lowest BCUT2D eigenvalue weighted by atomic mass is 9.50. The second-order valence-corrected chi connectivity index (χ2v) is 6.43. The summed E-state index contributed by atoms with van der Waals surface area (Å²) in [7, 11) is 0. The average molecular weight is 253 g/mol. The highest BCUT2D eigenvalue weighted by Crippen LogP contribution is 2.57. The van der Waals surface area contributed by atoms with Gasteiger partial charge in [-0.2, -0.15) is 0 Å². The van der Waals surface area contributed by atoms with E-state index >= 15 is 0 Å². The van der Waals surface area contributed by atoms with Crippen LogP contribution in [0.2, 0.25) is 0 Å². The molecular formula is C15H27NO2. The van der Waals surface area contributed by atoms with Gasteiger partial charge in [-0.05, 0) is 38.5 Å². The lowest BCUT2D eigenvalue weighted by Gasteiger charge is -2.62. The molecule has 0 bridgehead atoms. The Morgan fingerprint density at radius 3 is 2.83 bits per heavy atom. The predicted octanol–water partition coefficient (Wildman–Crippen LogP) is 2.35. The molecule has 3 aliphatic rings. The van der Waals surface area contributed by atoms with Crippen molar-refractivity contribution in [1.82, 2.24) is 5.32 Å². The van der Waals surface area contributed by atoms with Crippen molar-refractivity contribution in [2.75, 3.05) is 19.8 Å². The van der Waals surface area contributed by atoms with Crippen molar-refractivity contribution < 1.29 is 9.47 Å².